The van der Waals surface area contributed by atoms with Gasteiger partial charge in [-0.25, -0.2) is 0 Å². The molecule has 0 saturated carbocycles. The van der Waals surface area contributed by atoms with Gasteiger partial charge in [0.05, 0.1) is 39.6 Å². The summed E-state index contributed by atoms with van der Waals surface area (Å²) < 4.78 is 15.6. The zero-order chi connectivity index (χ0) is 13.8. The lowest BCUT2D eigenvalue weighted by molar-refractivity contribution is 0.0286. The van der Waals surface area contributed by atoms with Crippen molar-refractivity contribution in [3.8, 4) is 0 Å². The molecule has 0 unspecified atom stereocenters. The smallest absolute Gasteiger partial charge is 0.0701 e. The molecule has 4 nitrogen and oxygen atoms in total. The molecule has 1 aromatic rings. The fraction of sp³-hybridized carbons (Fsp3) is 0.571. The molecule has 1 rings (SSSR count). The summed E-state index contributed by atoms with van der Waals surface area (Å²) in [6, 6.07) is 7.91. The maximum atomic E-state index is 8.93. The number of hydrogen-bond acceptors (Lipinski definition) is 5. The zero-order valence-corrected chi connectivity index (χ0v) is 12.2. The molecule has 108 valence electrons. The van der Waals surface area contributed by atoms with Crippen LogP contribution in [0.5, 0.6) is 0 Å². The molecule has 0 atom stereocenters. The molecule has 1 aromatic carbocycles. The third-order valence-electron chi connectivity index (χ3n) is 2.41. The van der Waals surface area contributed by atoms with Crippen molar-refractivity contribution in [2.24, 2.45) is 0 Å². The number of thioether (sulfide) groups is 1. The predicted octanol–water partition coefficient (Wildman–Crippen LogP) is 1.95. The lowest BCUT2D eigenvalue weighted by atomic mass is 10.2. The van der Waals surface area contributed by atoms with Gasteiger partial charge in [-0.3, -0.25) is 0 Å². The van der Waals surface area contributed by atoms with Crippen LogP contribution in [0.15, 0.2) is 29.2 Å². The van der Waals surface area contributed by atoms with E-state index in [0.29, 0.717) is 33.0 Å². The van der Waals surface area contributed by atoms with Crippen LogP contribution >= 0.6 is 11.8 Å². The highest BCUT2D eigenvalue weighted by atomic mass is 32.2. The molecule has 0 aromatic heterocycles. The van der Waals surface area contributed by atoms with Crippen molar-refractivity contribution in [1.29, 1.82) is 0 Å². The van der Waals surface area contributed by atoms with E-state index in [4.69, 9.17) is 19.3 Å². The standard InChI is InChI=1S/C14H22O4S/c1-16-6-7-17-8-9-18-10-11-19-14-4-2-13(12-15)3-5-14/h2-5,15H,6-12H2,1H3. The van der Waals surface area contributed by atoms with Gasteiger partial charge in [-0.2, -0.15) is 0 Å². The van der Waals surface area contributed by atoms with Gasteiger partial charge < -0.3 is 19.3 Å². The fourth-order valence-electron chi connectivity index (χ4n) is 1.37. The van der Waals surface area contributed by atoms with Crippen molar-refractivity contribution in [2.45, 2.75) is 11.5 Å². The summed E-state index contributed by atoms with van der Waals surface area (Å²) in [6.45, 7) is 3.27. The topological polar surface area (TPSA) is 47.9 Å². The number of benzene rings is 1. The first-order valence-electron chi connectivity index (χ1n) is 6.34. The Kier molecular flexibility index (Phi) is 9.75. The fourth-order valence-corrected chi connectivity index (χ4v) is 2.14. The lowest BCUT2D eigenvalue weighted by Crippen LogP contribution is -2.09. The molecule has 0 aliphatic heterocycles. The second kappa shape index (κ2) is 11.3. The van der Waals surface area contributed by atoms with E-state index < -0.39 is 0 Å². The molecule has 1 N–H and O–H groups in total. The maximum absolute atomic E-state index is 8.93. The van der Waals surface area contributed by atoms with Crippen LogP contribution < -0.4 is 0 Å². The van der Waals surface area contributed by atoms with Crippen molar-refractivity contribution in [3.63, 3.8) is 0 Å². The van der Waals surface area contributed by atoms with Crippen LogP contribution in [0.1, 0.15) is 5.56 Å². The van der Waals surface area contributed by atoms with Crippen LogP contribution in [0.3, 0.4) is 0 Å². The third-order valence-corrected chi connectivity index (χ3v) is 3.38. The molecular weight excluding hydrogens is 264 g/mol. The number of ether oxygens (including phenoxy) is 3. The van der Waals surface area contributed by atoms with E-state index in [2.05, 4.69) is 0 Å². The van der Waals surface area contributed by atoms with Gasteiger partial charge in [0.15, 0.2) is 0 Å². The second-order valence-corrected chi connectivity index (χ2v) is 5.04. The largest absolute Gasteiger partial charge is 0.392 e. The summed E-state index contributed by atoms with van der Waals surface area (Å²) in [5, 5.41) is 8.93. The van der Waals surface area contributed by atoms with Gasteiger partial charge in [0, 0.05) is 17.8 Å². The monoisotopic (exact) mass is 286 g/mol. The van der Waals surface area contributed by atoms with Crippen molar-refractivity contribution in [2.75, 3.05) is 45.9 Å². The summed E-state index contributed by atoms with van der Waals surface area (Å²) in [5.41, 5.74) is 0.939. The van der Waals surface area contributed by atoms with E-state index in [0.717, 1.165) is 11.3 Å². The average Bonchev–Trinajstić information content (AvgIpc) is 2.46. The lowest BCUT2D eigenvalue weighted by Gasteiger charge is -2.06. The van der Waals surface area contributed by atoms with Crippen LogP contribution in [0.4, 0.5) is 0 Å². The quantitative estimate of drug-likeness (QED) is 0.498. The first-order chi connectivity index (χ1) is 9.36. The molecule has 19 heavy (non-hydrogen) atoms. The van der Waals surface area contributed by atoms with Crippen LogP contribution in [-0.4, -0.2) is 51.0 Å². The normalized spacial score (nSPS) is 10.8. The van der Waals surface area contributed by atoms with Crippen LogP contribution in [0, 0.1) is 0 Å². The summed E-state index contributed by atoms with van der Waals surface area (Å²) >= 11 is 1.74. The van der Waals surface area contributed by atoms with Crippen molar-refractivity contribution < 1.29 is 19.3 Å². The Balaban J connectivity index is 1.95. The van der Waals surface area contributed by atoms with Gasteiger partial charge in [0.25, 0.3) is 0 Å². The highest BCUT2D eigenvalue weighted by Gasteiger charge is 1.96. The van der Waals surface area contributed by atoms with Gasteiger partial charge in [-0.05, 0) is 17.7 Å². The van der Waals surface area contributed by atoms with E-state index in [9.17, 15) is 0 Å². The first kappa shape index (κ1) is 16.5. The Morgan fingerprint density at radius 1 is 0.947 bits per heavy atom. The van der Waals surface area contributed by atoms with Gasteiger partial charge in [0.1, 0.15) is 0 Å². The highest BCUT2D eigenvalue weighted by molar-refractivity contribution is 7.99. The number of hydrogen-bond donors (Lipinski definition) is 1. The van der Waals surface area contributed by atoms with Crippen LogP contribution in [0.2, 0.25) is 0 Å². The maximum Gasteiger partial charge on any atom is 0.0701 e. The molecule has 0 radical (unpaired) electrons. The van der Waals surface area contributed by atoms with Crippen LogP contribution in [0.25, 0.3) is 0 Å². The summed E-state index contributed by atoms with van der Waals surface area (Å²) in [6.07, 6.45) is 0. The minimum Gasteiger partial charge on any atom is -0.392 e. The predicted molar refractivity (Wildman–Crippen MR) is 76.6 cm³/mol. The Morgan fingerprint density at radius 2 is 1.58 bits per heavy atom. The molecule has 0 fully saturated rings. The molecule has 0 aliphatic carbocycles. The number of aliphatic hydroxyl groups excluding tert-OH is 1. The van der Waals surface area contributed by atoms with Gasteiger partial charge in [0.2, 0.25) is 0 Å². The molecule has 5 heteroatoms. The van der Waals surface area contributed by atoms with E-state index in [1.165, 1.54) is 4.90 Å². The van der Waals surface area contributed by atoms with E-state index in [1.807, 2.05) is 24.3 Å². The Morgan fingerprint density at radius 3 is 2.21 bits per heavy atom. The van der Waals surface area contributed by atoms with Gasteiger partial charge in [-0.1, -0.05) is 12.1 Å². The SMILES string of the molecule is COCCOCCOCCSc1ccc(CO)cc1. The third kappa shape index (κ3) is 8.23. The minimum atomic E-state index is 0.0944. The molecule has 0 aliphatic rings. The van der Waals surface area contributed by atoms with E-state index in [1.54, 1.807) is 18.9 Å². The average molecular weight is 286 g/mol. The van der Waals surface area contributed by atoms with E-state index >= 15 is 0 Å². The van der Waals surface area contributed by atoms with Crippen molar-refractivity contribution >= 4 is 11.8 Å². The minimum absolute atomic E-state index is 0.0944. The van der Waals surface area contributed by atoms with Gasteiger partial charge >= 0.3 is 0 Å². The Labute approximate surface area is 119 Å². The summed E-state index contributed by atoms with van der Waals surface area (Å²) in [7, 11) is 1.66. The molecule has 0 amide bonds. The molecule has 0 bridgehead atoms. The molecule has 0 spiro atoms. The van der Waals surface area contributed by atoms with Gasteiger partial charge in [-0.15, -0.1) is 11.8 Å². The molecular formula is C14H22O4S. The second-order valence-electron chi connectivity index (χ2n) is 3.87. The molecule has 0 saturated heterocycles. The zero-order valence-electron chi connectivity index (χ0n) is 11.3. The molecule has 0 heterocycles. The number of rotatable bonds is 11. The Bertz CT molecular complexity index is 316. The summed E-state index contributed by atoms with van der Waals surface area (Å²) in [4.78, 5) is 1.19. The summed E-state index contributed by atoms with van der Waals surface area (Å²) in [5.74, 6) is 0.913. The number of aliphatic hydroxyl groups is 1. The van der Waals surface area contributed by atoms with Crippen molar-refractivity contribution in [3.05, 3.63) is 29.8 Å². The first-order valence-corrected chi connectivity index (χ1v) is 7.32. The highest BCUT2D eigenvalue weighted by Crippen LogP contribution is 2.18. The Hall–Kier alpha value is -0.590. The van der Waals surface area contributed by atoms with Crippen molar-refractivity contribution in [1.82, 2.24) is 0 Å². The van der Waals surface area contributed by atoms with Crippen LogP contribution in [-0.2, 0) is 20.8 Å². The van der Waals surface area contributed by atoms with E-state index in [-0.39, 0.29) is 6.61 Å². The number of methoxy groups -OCH3 is 1.